The fourth-order valence-corrected chi connectivity index (χ4v) is 11.2. The van der Waals surface area contributed by atoms with Crippen LogP contribution in [0, 0.1) is 29.4 Å². The van der Waals surface area contributed by atoms with Gasteiger partial charge in [0, 0.05) is 33.7 Å². The lowest BCUT2D eigenvalue weighted by Crippen LogP contribution is -2.36. The second-order valence-electron chi connectivity index (χ2n) is 13.9. The number of hydrogen-bond acceptors (Lipinski definition) is 8. The molecule has 5 aromatic rings. The van der Waals surface area contributed by atoms with Crippen LogP contribution in [0.1, 0.15) is 50.3 Å². The van der Waals surface area contributed by atoms with E-state index >= 15 is 8.78 Å². The van der Waals surface area contributed by atoms with E-state index in [4.69, 9.17) is 21.3 Å². The van der Waals surface area contributed by atoms with Gasteiger partial charge in [0.15, 0.2) is 5.82 Å². The molecule has 22 heteroatoms. The van der Waals surface area contributed by atoms with E-state index in [1.807, 2.05) is 0 Å². The van der Waals surface area contributed by atoms with Gasteiger partial charge in [-0.25, -0.2) is 35.8 Å². The van der Waals surface area contributed by atoms with Gasteiger partial charge in [-0.3, -0.25) is 18.9 Å². The Morgan fingerprint density at radius 2 is 1.85 bits per heavy atom. The zero-order chi connectivity index (χ0) is 42.1. The number of nitrogens with one attached hydrogen (secondary N) is 3. The smallest absolute Gasteiger partial charge is 0.408 e. The first-order valence-corrected chi connectivity index (χ1v) is 22.2. The zero-order valence-electron chi connectivity index (χ0n) is 30.3. The third-order valence-corrected chi connectivity index (χ3v) is 13.9. The fraction of sp³-hybridized carbons (Fsp3) is 0.297. The van der Waals surface area contributed by atoms with E-state index in [-0.39, 0.29) is 57.3 Å². The third-order valence-electron chi connectivity index (χ3n) is 9.70. The summed E-state index contributed by atoms with van der Waals surface area (Å²) < 4.78 is 123. The average molecular weight is 973 g/mol. The molecule has 2 amide bonds. The fourth-order valence-electron chi connectivity index (χ4n) is 7.34. The van der Waals surface area contributed by atoms with E-state index in [1.165, 1.54) is 27.9 Å². The van der Waals surface area contributed by atoms with E-state index in [0.717, 1.165) is 18.4 Å². The number of benzene rings is 2. The Balaban J connectivity index is 1.27. The van der Waals surface area contributed by atoms with Gasteiger partial charge in [-0.2, -0.15) is 19.0 Å². The maximum atomic E-state index is 15.7. The van der Waals surface area contributed by atoms with Gasteiger partial charge in [0.05, 0.1) is 39.8 Å². The van der Waals surface area contributed by atoms with Crippen molar-refractivity contribution in [2.45, 2.75) is 41.3 Å². The largest absolute Gasteiger partial charge is 0.446 e. The van der Waals surface area contributed by atoms with Crippen molar-refractivity contribution in [2.24, 2.45) is 13.0 Å². The van der Waals surface area contributed by atoms with Gasteiger partial charge in [0.1, 0.15) is 47.9 Å². The molecule has 3 N–H and O–H groups in total. The summed E-state index contributed by atoms with van der Waals surface area (Å²) in [4.78, 5) is 30.4. The summed E-state index contributed by atoms with van der Waals surface area (Å²) >= 11 is 5.65. The van der Waals surface area contributed by atoms with Crippen molar-refractivity contribution in [3.05, 3.63) is 93.0 Å². The minimum atomic E-state index is -3.84. The number of halogens is 8. The number of aromatic nitrogens is 5. The molecule has 1 fully saturated rings. The Labute approximate surface area is 345 Å². The molecule has 0 spiro atoms. The normalized spacial score (nSPS) is 19.5. The number of rotatable bonds is 10. The van der Waals surface area contributed by atoms with Crippen LogP contribution in [-0.4, -0.2) is 67.9 Å². The van der Waals surface area contributed by atoms with Crippen LogP contribution in [-0.2, 0) is 45.5 Å². The van der Waals surface area contributed by atoms with Gasteiger partial charge in [0.2, 0.25) is 15.9 Å². The quantitative estimate of drug-likeness (QED) is 0.0648. The van der Waals surface area contributed by atoms with Crippen LogP contribution in [0.15, 0.2) is 42.5 Å². The van der Waals surface area contributed by atoms with E-state index in [0.29, 0.717) is 21.8 Å². The second kappa shape index (κ2) is 15.1. The highest BCUT2D eigenvalue weighted by Gasteiger charge is 2.60. The lowest BCUT2D eigenvalue weighted by atomic mass is 9.93. The van der Waals surface area contributed by atoms with Crippen molar-refractivity contribution in [2.75, 3.05) is 17.6 Å². The van der Waals surface area contributed by atoms with Gasteiger partial charge in [-0.15, -0.1) is 20.7 Å². The summed E-state index contributed by atoms with van der Waals surface area (Å²) in [5, 5.41) is 13.6. The molecular weight excluding hydrogens is 945 g/mol. The summed E-state index contributed by atoms with van der Waals surface area (Å²) in [5.74, 6) is -2.15. The van der Waals surface area contributed by atoms with Gasteiger partial charge in [0.25, 0.3) is 12.3 Å². The number of fused-ring (bicyclic) bond motifs is 4. The van der Waals surface area contributed by atoms with Crippen LogP contribution >= 0.6 is 32.3 Å². The van der Waals surface area contributed by atoms with Crippen molar-refractivity contribution in [3.8, 4) is 23.0 Å². The molecule has 1 saturated heterocycles. The number of pyridine rings is 1. The van der Waals surface area contributed by atoms with Crippen molar-refractivity contribution in [1.82, 2.24) is 35.2 Å². The van der Waals surface area contributed by atoms with Crippen molar-refractivity contribution in [3.63, 3.8) is 0 Å². The number of ether oxygens (including phenoxy) is 1. The molecule has 59 heavy (non-hydrogen) atoms. The monoisotopic (exact) mass is 972 g/mol. The van der Waals surface area contributed by atoms with Gasteiger partial charge in [-0.1, -0.05) is 23.6 Å². The zero-order valence-corrected chi connectivity index (χ0v) is 34.1. The van der Waals surface area contributed by atoms with Crippen LogP contribution in [0.2, 0.25) is 5.02 Å². The molecule has 0 unspecified atom stereocenters. The number of alkyl carbamates (subject to hydrolysis) is 1. The van der Waals surface area contributed by atoms with Crippen molar-refractivity contribution in [1.29, 1.82) is 0 Å². The number of hydrogen-bond donors (Lipinski definition) is 3. The molecule has 4 atom stereocenters. The van der Waals surface area contributed by atoms with Crippen LogP contribution < -0.4 is 15.4 Å². The standard InChI is InChI=1S/C37H28ClF6IN8O5S/c1-52-32-22(7-8-24(38)27(32)35(50-52)51-59(2,56)57)21-6-5-19(3-4-20-15-58-36(55)47-20)46-30(21)25(11-16-9-17(39)12-18(40)10-16)48-26(54)14-53-33-28(31(49-53)34(41)42)29-23(13-45-29)37(33,43)44/h5-10,12-13,20,23,25,29,34H,11,14-15H2,1-2H3,(H,47,55)(H,48,54)(H,50,51)/t20-,23-,25+,29+/m1/s1. The van der Waals surface area contributed by atoms with Gasteiger partial charge in [-0.05, 0) is 52.2 Å². The molecule has 308 valence electrons. The summed E-state index contributed by atoms with van der Waals surface area (Å²) in [5.41, 5.74) is -0.779. The first-order chi connectivity index (χ1) is 27.9. The Kier molecular flexibility index (Phi) is 10.4. The minimum absolute atomic E-state index is 0.0191. The SMILES string of the molecule is Cn1nc(NS(C)(=O)=O)c2c(Cl)ccc(-c3ccc(C#C[C@@H]4COC(=O)N4)nc3[C@H](Cc3cc(F)cc(F)c3)NC(=O)Cn3nc(C(F)F)c4c3C(F)(F)[C@@H]3C=I[C@H]43)c21. The number of cyclic esters (lactones) is 1. The number of nitrogens with zero attached hydrogens (tertiary/aromatic N) is 5. The molecule has 0 bridgehead atoms. The number of aryl methyl sites for hydroxylation is 1. The molecule has 1 aliphatic carbocycles. The van der Waals surface area contributed by atoms with Crippen LogP contribution in [0.5, 0.6) is 0 Å². The first kappa shape index (κ1) is 40.6. The number of amides is 2. The molecule has 3 aliphatic rings. The lowest BCUT2D eigenvalue weighted by molar-refractivity contribution is -0.123. The number of carbonyl (C=O) groups is 2. The Hall–Kier alpha value is -5.21. The van der Waals surface area contributed by atoms with E-state index < -0.39 is 107 Å². The second-order valence-corrected chi connectivity index (χ2v) is 18.8. The highest BCUT2D eigenvalue weighted by molar-refractivity contribution is 14.2. The van der Waals surface area contributed by atoms with Crippen LogP contribution in [0.4, 0.5) is 37.0 Å². The first-order valence-electron chi connectivity index (χ1n) is 17.4. The molecule has 3 aromatic heterocycles. The Morgan fingerprint density at radius 3 is 2.49 bits per heavy atom. The van der Waals surface area contributed by atoms with E-state index in [2.05, 4.69) is 37.4 Å². The number of carbonyl (C=O) groups excluding carboxylic acids is 2. The lowest BCUT2D eigenvalue weighted by Gasteiger charge is -2.27. The third kappa shape index (κ3) is 7.72. The van der Waals surface area contributed by atoms with E-state index in [1.54, 1.807) is 12.1 Å². The highest BCUT2D eigenvalue weighted by Crippen LogP contribution is 2.63. The minimum Gasteiger partial charge on any atom is -0.446 e. The van der Waals surface area contributed by atoms with Crippen LogP contribution in [0.3, 0.4) is 0 Å². The molecule has 2 aliphatic heterocycles. The highest BCUT2D eigenvalue weighted by atomic mass is 127. The maximum Gasteiger partial charge on any atom is 0.408 e. The Bertz CT molecular complexity index is 2790. The average Bonchev–Trinajstić information content (AvgIpc) is 3.83. The summed E-state index contributed by atoms with van der Waals surface area (Å²) in [6.07, 6.45) is -3.29. The number of sulfonamides is 1. The molecular formula is C37H28ClF6IN8O5S. The molecule has 2 aromatic carbocycles. The summed E-state index contributed by atoms with van der Waals surface area (Å²) in [6, 6.07) is 6.75. The molecule has 0 saturated carbocycles. The van der Waals surface area contributed by atoms with Gasteiger partial charge >= 0.3 is 6.09 Å². The van der Waals surface area contributed by atoms with E-state index in [9.17, 15) is 35.6 Å². The van der Waals surface area contributed by atoms with Crippen molar-refractivity contribution < 1.29 is 49.1 Å². The predicted molar refractivity (Wildman–Crippen MR) is 211 cm³/mol. The molecule has 8 rings (SSSR count). The van der Waals surface area contributed by atoms with Gasteiger partial charge < -0.3 is 15.4 Å². The number of alkyl halides is 5. The molecule has 5 heterocycles. The maximum absolute atomic E-state index is 15.7. The van der Waals surface area contributed by atoms with Crippen LogP contribution in [0.25, 0.3) is 22.0 Å². The summed E-state index contributed by atoms with van der Waals surface area (Å²) in [6.45, 7) is -0.988. The predicted octanol–water partition coefficient (Wildman–Crippen LogP) is 6.18. The Morgan fingerprint density at radius 1 is 1.12 bits per heavy atom. The summed E-state index contributed by atoms with van der Waals surface area (Å²) in [7, 11) is -2.32. The topological polar surface area (TPSA) is 162 Å². The molecule has 13 nitrogen and oxygen atoms in total. The number of anilines is 1. The molecule has 0 radical (unpaired) electrons. The van der Waals surface area contributed by atoms with Crippen molar-refractivity contribution >= 4 is 75.1 Å².